The smallest absolute Gasteiger partial charge is 0.339 e. The maximum absolute atomic E-state index is 13.0. The lowest BCUT2D eigenvalue weighted by molar-refractivity contribution is 0.0379. The summed E-state index contributed by atoms with van der Waals surface area (Å²) in [5.74, 6) is -1.09. The Labute approximate surface area is 205 Å². The summed E-state index contributed by atoms with van der Waals surface area (Å²) in [5, 5.41) is 0. The van der Waals surface area contributed by atoms with Gasteiger partial charge < -0.3 is 25.0 Å². The van der Waals surface area contributed by atoms with E-state index in [1.54, 1.807) is 26.0 Å². The lowest BCUT2D eigenvalue weighted by Gasteiger charge is -2.45. The molecule has 0 unspecified atom stereocenters. The molecule has 0 fully saturated rings. The number of nitrogens with two attached hydrogens (primary N) is 1. The number of fused-ring (bicyclic) bond motifs is 6. The van der Waals surface area contributed by atoms with Gasteiger partial charge in [0.1, 0.15) is 0 Å². The van der Waals surface area contributed by atoms with E-state index in [1.807, 2.05) is 6.07 Å². The minimum Gasteiger partial charge on any atom is -0.465 e. The largest absolute Gasteiger partial charge is 0.465 e. The van der Waals surface area contributed by atoms with Crippen molar-refractivity contribution < 1.29 is 19.1 Å². The first-order valence-corrected chi connectivity index (χ1v) is 11.7. The zero-order valence-corrected chi connectivity index (χ0v) is 20.4. The van der Waals surface area contributed by atoms with Crippen LogP contribution in [-0.2, 0) is 22.6 Å². The molecule has 0 atom stereocenters. The number of carbonyl (C=O) groups is 2. The highest BCUT2D eigenvalue weighted by molar-refractivity contribution is 6.07. The summed E-state index contributed by atoms with van der Waals surface area (Å²) in [6.45, 7) is 8.06. The normalized spacial score (nSPS) is 13.9. The Morgan fingerprint density at radius 2 is 1.49 bits per heavy atom. The van der Waals surface area contributed by atoms with Crippen molar-refractivity contribution >= 4 is 29.0 Å². The number of benzene rings is 3. The molecule has 0 amide bonds. The number of methoxy groups -OCH3 is 1. The topological polar surface area (TPSA) is 85.1 Å². The van der Waals surface area contributed by atoms with Gasteiger partial charge in [-0.25, -0.2) is 9.59 Å². The van der Waals surface area contributed by atoms with Crippen molar-refractivity contribution in [3.63, 3.8) is 0 Å². The van der Waals surface area contributed by atoms with E-state index in [0.717, 1.165) is 36.6 Å². The van der Waals surface area contributed by atoms with Crippen molar-refractivity contribution in [2.45, 2.75) is 40.0 Å². The minimum atomic E-state index is -0.558. The fourth-order valence-corrected chi connectivity index (χ4v) is 5.05. The molecule has 0 aromatic heterocycles. The summed E-state index contributed by atoms with van der Waals surface area (Å²) < 4.78 is 10.5. The Hall–Kier alpha value is -4.00. The van der Waals surface area contributed by atoms with Crippen molar-refractivity contribution in [1.82, 2.24) is 0 Å². The van der Waals surface area contributed by atoms with E-state index in [9.17, 15) is 9.59 Å². The van der Waals surface area contributed by atoms with Crippen LogP contribution in [-0.4, -0.2) is 31.8 Å². The number of rotatable bonds is 4. The molecule has 3 aromatic carbocycles. The average Bonchev–Trinajstić information content (AvgIpc) is 2.82. The highest BCUT2D eigenvalue weighted by atomic mass is 16.5. The van der Waals surface area contributed by atoms with E-state index in [-0.39, 0.29) is 17.2 Å². The average molecular weight is 472 g/mol. The molecule has 2 heterocycles. The number of nitrogen functional groups attached to an aromatic ring is 1. The van der Waals surface area contributed by atoms with Crippen molar-refractivity contribution in [1.29, 1.82) is 0 Å². The molecule has 0 saturated heterocycles. The number of hydrogen-bond acceptors (Lipinski definition) is 7. The number of anilines is 3. The second-order valence-corrected chi connectivity index (χ2v) is 9.45. The van der Waals surface area contributed by atoms with Crippen molar-refractivity contribution in [2.75, 3.05) is 29.3 Å². The zero-order valence-electron chi connectivity index (χ0n) is 20.4. The van der Waals surface area contributed by atoms with Gasteiger partial charge in [0.05, 0.1) is 31.0 Å². The van der Waals surface area contributed by atoms with Gasteiger partial charge in [0.2, 0.25) is 0 Å². The molecule has 35 heavy (non-hydrogen) atoms. The van der Waals surface area contributed by atoms with Gasteiger partial charge in [0.15, 0.2) is 0 Å². The van der Waals surface area contributed by atoms with Crippen LogP contribution in [0.2, 0.25) is 0 Å². The van der Waals surface area contributed by atoms with Crippen LogP contribution in [0.3, 0.4) is 0 Å². The summed E-state index contributed by atoms with van der Waals surface area (Å²) in [4.78, 5) is 30.5. The Morgan fingerprint density at radius 1 is 0.886 bits per heavy atom. The molecule has 5 rings (SSSR count). The third kappa shape index (κ3) is 4.07. The molecule has 2 aliphatic rings. The minimum absolute atomic E-state index is 0.237. The van der Waals surface area contributed by atoms with Gasteiger partial charge in [0, 0.05) is 35.7 Å². The molecule has 3 aromatic rings. The summed E-state index contributed by atoms with van der Waals surface area (Å²) in [6.07, 6.45) is -0.314. The van der Waals surface area contributed by atoms with Gasteiger partial charge in [-0.1, -0.05) is 23.8 Å². The fraction of sp³-hybridized carbons (Fsp3) is 0.286. The number of nitrogens with zero attached hydrogens (tertiary/aromatic N) is 2. The van der Waals surface area contributed by atoms with E-state index >= 15 is 0 Å². The van der Waals surface area contributed by atoms with E-state index in [2.05, 4.69) is 47.1 Å². The van der Waals surface area contributed by atoms with Crippen LogP contribution in [0, 0.1) is 6.92 Å². The summed E-state index contributed by atoms with van der Waals surface area (Å²) >= 11 is 0. The van der Waals surface area contributed by atoms with Crippen LogP contribution in [0.25, 0.3) is 11.1 Å². The standard InChI is InChI=1S/C28H29N3O4/c1-16(2)35-28(33)23-12-21(29)11-22(27(32)34-4)26(23)18-6-8-25-20(10-18)14-31-15-30(25)13-19-9-17(3)5-7-24(19)31/h5-12,16H,13-15,29H2,1-4H3. The van der Waals surface area contributed by atoms with Crippen LogP contribution in [0.15, 0.2) is 48.5 Å². The third-order valence-corrected chi connectivity index (χ3v) is 6.48. The number of hydrogen-bond donors (Lipinski definition) is 1. The predicted octanol–water partition coefficient (Wildman–Crippen LogP) is 4.89. The maximum Gasteiger partial charge on any atom is 0.339 e. The molecule has 0 saturated carbocycles. The van der Waals surface area contributed by atoms with Gasteiger partial charge in [0.25, 0.3) is 0 Å². The summed E-state index contributed by atoms with van der Waals surface area (Å²) in [6, 6.07) is 15.8. The molecular formula is C28H29N3O4. The molecule has 7 heteroatoms. The van der Waals surface area contributed by atoms with Gasteiger partial charge >= 0.3 is 11.9 Å². The van der Waals surface area contributed by atoms with Gasteiger partial charge in [-0.2, -0.15) is 0 Å². The van der Waals surface area contributed by atoms with E-state index in [4.69, 9.17) is 15.2 Å². The van der Waals surface area contributed by atoms with Crippen molar-refractivity contribution in [3.05, 3.63) is 76.3 Å². The van der Waals surface area contributed by atoms with E-state index < -0.39 is 11.9 Å². The molecule has 2 bridgehead atoms. The van der Waals surface area contributed by atoms with Gasteiger partial charge in [-0.3, -0.25) is 0 Å². The lowest BCUT2D eigenvalue weighted by atomic mass is 9.90. The van der Waals surface area contributed by atoms with Gasteiger partial charge in [-0.05, 0) is 67.8 Å². The molecule has 2 aliphatic heterocycles. The first-order valence-electron chi connectivity index (χ1n) is 11.7. The van der Waals surface area contributed by atoms with E-state index in [1.165, 1.54) is 23.9 Å². The quantitative estimate of drug-likeness (QED) is 0.428. The number of aryl methyl sites for hydroxylation is 1. The molecule has 0 radical (unpaired) electrons. The summed E-state index contributed by atoms with van der Waals surface area (Å²) in [7, 11) is 1.31. The lowest BCUT2D eigenvalue weighted by Crippen LogP contribution is -2.46. The SMILES string of the molecule is COC(=O)c1cc(N)cc(C(=O)OC(C)C)c1-c1ccc2c(c1)CN1CN2Cc2cc(C)ccc21. The second-order valence-electron chi connectivity index (χ2n) is 9.45. The molecular weight excluding hydrogens is 442 g/mol. The van der Waals surface area contributed by atoms with Crippen molar-refractivity contribution in [3.8, 4) is 11.1 Å². The highest BCUT2D eigenvalue weighted by Crippen LogP contribution is 2.41. The monoisotopic (exact) mass is 471 g/mol. The number of esters is 2. The van der Waals surface area contributed by atoms with Crippen LogP contribution < -0.4 is 15.5 Å². The highest BCUT2D eigenvalue weighted by Gasteiger charge is 2.31. The maximum atomic E-state index is 13.0. The number of ether oxygens (including phenoxy) is 2. The van der Waals surface area contributed by atoms with Crippen LogP contribution in [0.4, 0.5) is 17.1 Å². The van der Waals surface area contributed by atoms with Crippen molar-refractivity contribution in [2.24, 2.45) is 0 Å². The first-order chi connectivity index (χ1) is 16.7. The van der Waals surface area contributed by atoms with Crippen LogP contribution in [0.1, 0.15) is 51.3 Å². The van der Waals surface area contributed by atoms with Crippen LogP contribution in [0.5, 0.6) is 0 Å². The van der Waals surface area contributed by atoms with Crippen LogP contribution >= 0.6 is 0 Å². The number of carbonyl (C=O) groups excluding carboxylic acids is 2. The molecule has 0 spiro atoms. The fourth-order valence-electron chi connectivity index (χ4n) is 5.05. The molecule has 0 aliphatic carbocycles. The van der Waals surface area contributed by atoms with Gasteiger partial charge in [-0.15, -0.1) is 0 Å². The first kappa shape index (κ1) is 22.8. The second kappa shape index (κ2) is 8.65. The zero-order chi connectivity index (χ0) is 24.9. The Bertz CT molecular complexity index is 1350. The van der Waals surface area contributed by atoms with E-state index in [0.29, 0.717) is 11.3 Å². The molecule has 2 N–H and O–H groups in total. The predicted molar refractivity (Wildman–Crippen MR) is 137 cm³/mol. The Kier molecular flexibility index (Phi) is 5.63. The molecule has 7 nitrogen and oxygen atoms in total. The Balaban J connectivity index is 1.63. The third-order valence-electron chi connectivity index (χ3n) is 6.48. The summed E-state index contributed by atoms with van der Waals surface area (Å²) in [5.41, 5.74) is 14.1. The Morgan fingerprint density at radius 3 is 2.11 bits per heavy atom. The molecule has 180 valence electrons.